The molecule has 0 saturated heterocycles. The second-order valence-corrected chi connectivity index (χ2v) is 4.77. The number of carbonyl (C=O) groups excluding carboxylic acids is 2. The van der Waals surface area contributed by atoms with Crippen molar-refractivity contribution in [3.05, 3.63) is 35.4 Å². The van der Waals surface area contributed by atoms with E-state index in [4.69, 9.17) is 5.11 Å². The Bertz CT molecular complexity index is 426. The van der Waals surface area contributed by atoms with Gasteiger partial charge in [-0.15, -0.1) is 0 Å². The van der Waals surface area contributed by atoms with Gasteiger partial charge in [-0.05, 0) is 20.3 Å². The number of aryl methyl sites for hydroxylation is 1. The smallest absolute Gasteiger partial charge is 0.220 e. The van der Waals surface area contributed by atoms with Gasteiger partial charge in [-0.3, -0.25) is 9.59 Å². The van der Waals surface area contributed by atoms with Crippen molar-refractivity contribution < 1.29 is 14.7 Å². The van der Waals surface area contributed by atoms with Crippen molar-refractivity contribution in [1.29, 1.82) is 0 Å². The zero-order valence-electron chi connectivity index (χ0n) is 11.5. The SMILES string of the molecule is Cc1ccc(C(=O)CCC(=O)NC(C)CCO)cc1. The number of carbonyl (C=O) groups is 2. The van der Waals surface area contributed by atoms with Gasteiger partial charge in [0, 0.05) is 31.1 Å². The van der Waals surface area contributed by atoms with Crippen LogP contribution >= 0.6 is 0 Å². The lowest BCUT2D eigenvalue weighted by Gasteiger charge is -2.11. The molecule has 1 unspecified atom stereocenters. The van der Waals surface area contributed by atoms with Crippen LogP contribution in [0.2, 0.25) is 0 Å². The summed E-state index contributed by atoms with van der Waals surface area (Å²) in [6.07, 6.45) is 0.918. The molecule has 0 aliphatic heterocycles. The molecule has 0 saturated carbocycles. The van der Waals surface area contributed by atoms with Gasteiger partial charge in [0.2, 0.25) is 5.91 Å². The van der Waals surface area contributed by atoms with Crippen molar-refractivity contribution in [3.63, 3.8) is 0 Å². The van der Waals surface area contributed by atoms with E-state index in [-0.39, 0.29) is 37.2 Å². The highest BCUT2D eigenvalue weighted by Crippen LogP contribution is 2.07. The van der Waals surface area contributed by atoms with Gasteiger partial charge in [-0.2, -0.15) is 0 Å². The molecule has 19 heavy (non-hydrogen) atoms. The zero-order chi connectivity index (χ0) is 14.3. The van der Waals surface area contributed by atoms with Crippen LogP contribution in [0.5, 0.6) is 0 Å². The molecule has 0 fully saturated rings. The molecule has 1 aromatic rings. The summed E-state index contributed by atoms with van der Waals surface area (Å²) in [5.74, 6) is -0.175. The van der Waals surface area contributed by atoms with Gasteiger partial charge >= 0.3 is 0 Å². The van der Waals surface area contributed by atoms with Crippen molar-refractivity contribution in [2.75, 3.05) is 6.61 Å². The number of rotatable bonds is 7. The van der Waals surface area contributed by atoms with E-state index < -0.39 is 0 Å². The Hall–Kier alpha value is -1.68. The third-order valence-electron chi connectivity index (χ3n) is 2.92. The van der Waals surface area contributed by atoms with Crippen LogP contribution in [-0.4, -0.2) is 29.4 Å². The second-order valence-electron chi connectivity index (χ2n) is 4.77. The van der Waals surface area contributed by atoms with Crippen LogP contribution in [0.4, 0.5) is 0 Å². The van der Waals surface area contributed by atoms with Crippen molar-refractivity contribution in [2.45, 2.75) is 39.2 Å². The minimum Gasteiger partial charge on any atom is -0.396 e. The monoisotopic (exact) mass is 263 g/mol. The Labute approximate surface area is 113 Å². The van der Waals surface area contributed by atoms with Gasteiger partial charge < -0.3 is 10.4 Å². The molecule has 0 heterocycles. The van der Waals surface area contributed by atoms with Crippen LogP contribution in [0.3, 0.4) is 0 Å². The Morgan fingerprint density at radius 2 is 1.84 bits per heavy atom. The molecule has 0 aliphatic rings. The molecule has 1 rings (SSSR count). The van der Waals surface area contributed by atoms with Crippen LogP contribution in [0.1, 0.15) is 42.1 Å². The van der Waals surface area contributed by atoms with Crippen molar-refractivity contribution in [1.82, 2.24) is 5.32 Å². The predicted molar refractivity (Wildman–Crippen MR) is 74.1 cm³/mol. The molecule has 4 nitrogen and oxygen atoms in total. The molecule has 0 aliphatic carbocycles. The summed E-state index contributed by atoms with van der Waals surface area (Å²) in [6.45, 7) is 3.84. The Kier molecular flexibility index (Phi) is 6.22. The molecule has 2 N–H and O–H groups in total. The molecule has 1 aromatic carbocycles. The van der Waals surface area contributed by atoms with E-state index in [1.807, 2.05) is 26.0 Å². The number of nitrogens with one attached hydrogen (secondary N) is 1. The average molecular weight is 263 g/mol. The maximum Gasteiger partial charge on any atom is 0.220 e. The second kappa shape index (κ2) is 7.69. The molecule has 0 radical (unpaired) electrons. The number of ketones is 1. The minimum absolute atomic E-state index is 0.0232. The van der Waals surface area contributed by atoms with Gasteiger partial charge in [0.15, 0.2) is 5.78 Å². The van der Waals surface area contributed by atoms with E-state index in [0.717, 1.165) is 5.56 Å². The van der Waals surface area contributed by atoms with Gasteiger partial charge in [-0.1, -0.05) is 29.8 Å². The number of aliphatic hydroxyl groups is 1. The van der Waals surface area contributed by atoms with E-state index >= 15 is 0 Å². The minimum atomic E-state index is -0.151. The molecule has 1 amide bonds. The first-order valence-electron chi connectivity index (χ1n) is 6.53. The van der Waals surface area contributed by atoms with Gasteiger partial charge in [-0.25, -0.2) is 0 Å². The van der Waals surface area contributed by atoms with Crippen LogP contribution < -0.4 is 5.32 Å². The molecule has 0 bridgehead atoms. The molecular formula is C15H21NO3. The number of benzene rings is 1. The first kappa shape index (κ1) is 15.4. The first-order valence-corrected chi connectivity index (χ1v) is 6.53. The van der Waals surface area contributed by atoms with Crippen LogP contribution in [0.25, 0.3) is 0 Å². The summed E-state index contributed by atoms with van der Waals surface area (Å²) in [6, 6.07) is 7.27. The van der Waals surface area contributed by atoms with E-state index in [9.17, 15) is 9.59 Å². The number of amides is 1. The van der Waals surface area contributed by atoms with Gasteiger partial charge in [0.1, 0.15) is 0 Å². The highest BCUT2D eigenvalue weighted by molar-refractivity contribution is 5.97. The average Bonchev–Trinajstić information content (AvgIpc) is 2.37. The molecule has 104 valence electrons. The summed E-state index contributed by atoms with van der Waals surface area (Å²) in [5, 5.41) is 11.5. The highest BCUT2D eigenvalue weighted by atomic mass is 16.3. The maximum atomic E-state index is 11.9. The molecule has 1 atom stereocenters. The Morgan fingerprint density at radius 1 is 1.21 bits per heavy atom. The lowest BCUT2D eigenvalue weighted by Crippen LogP contribution is -2.33. The van der Waals surface area contributed by atoms with E-state index in [2.05, 4.69) is 5.32 Å². The summed E-state index contributed by atoms with van der Waals surface area (Å²) in [5.41, 5.74) is 1.74. The van der Waals surface area contributed by atoms with Gasteiger partial charge in [0.05, 0.1) is 0 Å². The van der Waals surface area contributed by atoms with E-state index in [0.29, 0.717) is 12.0 Å². The number of Topliss-reactive ketones (excluding diaryl/α,β-unsaturated/α-hetero) is 1. The Morgan fingerprint density at radius 3 is 2.42 bits per heavy atom. The van der Waals surface area contributed by atoms with Crippen LogP contribution in [-0.2, 0) is 4.79 Å². The normalized spacial score (nSPS) is 11.9. The van der Waals surface area contributed by atoms with Crippen LogP contribution in [0, 0.1) is 6.92 Å². The number of hydrogen-bond donors (Lipinski definition) is 2. The van der Waals surface area contributed by atoms with Crippen LogP contribution in [0.15, 0.2) is 24.3 Å². The summed E-state index contributed by atoms with van der Waals surface area (Å²) < 4.78 is 0. The first-order chi connectivity index (χ1) is 9.02. The Balaban J connectivity index is 2.37. The van der Waals surface area contributed by atoms with E-state index in [1.54, 1.807) is 12.1 Å². The van der Waals surface area contributed by atoms with E-state index in [1.165, 1.54) is 0 Å². The summed E-state index contributed by atoms with van der Waals surface area (Å²) in [4.78, 5) is 23.4. The highest BCUT2D eigenvalue weighted by Gasteiger charge is 2.11. The fourth-order valence-electron chi connectivity index (χ4n) is 1.72. The van der Waals surface area contributed by atoms with Crippen molar-refractivity contribution in [2.24, 2.45) is 0 Å². The number of hydrogen-bond acceptors (Lipinski definition) is 3. The quantitative estimate of drug-likeness (QED) is 0.738. The fourth-order valence-corrected chi connectivity index (χ4v) is 1.72. The lowest BCUT2D eigenvalue weighted by atomic mass is 10.0. The largest absolute Gasteiger partial charge is 0.396 e. The molecule has 0 aromatic heterocycles. The topological polar surface area (TPSA) is 66.4 Å². The maximum absolute atomic E-state index is 11.9. The summed E-state index contributed by atoms with van der Waals surface area (Å²) in [7, 11) is 0. The fraction of sp³-hybridized carbons (Fsp3) is 0.467. The molecular weight excluding hydrogens is 242 g/mol. The molecule has 0 spiro atoms. The third kappa shape index (κ3) is 5.66. The van der Waals surface area contributed by atoms with Crippen molar-refractivity contribution >= 4 is 11.7 Å². The number of aliphatic hydroxyl groups excluding tert-OH is 1. The lowest BCUT2D eigenvalue weighted by molar-refractivity contribution is -0.121. The zero-order valence-corrected chi connectivity index (χ0v) is 11.5. The standard InChI is InChI=1S/C15H21NO3/c1-11-3-5-13(6-4-11)14(18)7-8-15(19)16-12(2)9-10-17/h3-6,12,17H,7-10H2,1-2H3,(H,16,19). The predicted octanol–water partition coefficient (Wildman–Crippen LogP) is 1.85. The molecule has 4 heteroatoms. The third-order valence-corrected chi connectivity index (χ3v) is 2.92. The van der Waals surface area contributed by atoms with Crippen molar-refractivity contribution in [3.8, 4) is 0 Å². The van der Waals surface area contributed by atoms with Gasteiger partial charge in [0.25, 0.3) is 0 Å². The summed E-state index contributed by atoms with van der Waals surface area (Å²) >= 11 is 0.